The summed E-state index contributed by atoms with van der Waals surface area (Å²) < 4.78 is 0. The molecule has 0 spiro atoms. The van der Waals surface area contributed by atoms with E-state index in [-0.39, 0.29) is 23.8 Å². The second-order valence-electron chi connectivity index (χ2n) is 8.59. The predicted molar refractivity (Wildman–Crippen MR) is 133 cm³/mol. The van der Waals surface area contributed by atoms with Gasteiger partial charge in [0.15, 0.2) is 0 Å². The number of nitrogens with zero attached hydrogens (tertiary/aromatic N) is 3. The lowest BCUT2D eigenvalue weighted by Crippen LogP contribution is -2.47. The van der Waals surface area contributed by atoms with Gasteiger partial charge < -0.3 is 9.80 Å². The molecule has 1 saturated heterocycles. The van der Waals surface area contributed by atoms with Crippen molar-refractivity contribution in [3.05, 3.63) is 127 Å². The Morgan fingerprint density at radius 3 is 2.00 bits per heavy atom. The number of piperidine rings is 1. The fourth-order valence-corrected chi connectivity index (χ4v) is 4.74. The fraction of sp³-hybridized carbons (Fsp3) is 0.172. The fourth-order valence-electron chi connectivity index (χ4n) is 4.74. The molecule has 5 rings (SSSR count). The highest BCUT2D eigenvalue weighted by molar-refractivity contribution is 5.86. The van der Waals surface area contributed by atoms with E-state index < -0.39 is 0 Å². The summed E-state index contributed by atoms with van der Waals surface area (Å²) in [7, 11) is 0. The lowest BCUT2D eigenvalue weighted by Gasteiger charge is -2.42. The van der Waals surface area contributed by atoms with Gasteiger partial charge in [-0.15, -0.1) is 0 Å². The van der Waals surface area contributed by atoms with Gasteiger partial charge in [-0.1, -0.05) is 78.9 Å². The summed E-state index contributed by atoms with van der Waals surface area (Å²) in [4.78, 5) is 32.4. The van der Waals surface area contributed by atoms with E-state index in [0.29, 0.717) is 19.4 Å². The normalized spacial score (nSPS) is 20.0. The van der Waals surface area contributed by atoms with E-state index in [2.05, 4.69) is 0 Å². The van der Waals surface area contributed by atoms with Crippen LogP contribution in [0.15, 0.2) is 116 Å². The number of rotatable bonds is 5. The molecule has 34 heavy (non-hydrogen) atoms. The van der Waals surface area contributed by atoms with Crippen molar-refractivity contribution in [2.75, 3.05) is 4.90 Å². The molecular weight excluding hydrogens is 422 g/mol. The van der Waals surface area contributed by atoms with Crippen molar-refractivity contribution in [2.24, 2.45) is 5.92 Å². The maximum Gasteiger partial charge on any atom is 0.236 e. The zero-order valence-electron chi connectivity index (χ0n) is 18.9. The second kappa shape index (κ2) is 9.79. The third-order valence-corrected chi connectivity index (χ3v) is 6.45. The first-order valence-electron chi connectivity index (χ1n) is 11.6. The molecule has 0 N–H and O–H groups in total. The third-order valence-electron chi connectivity index (χ3n) is 6.45. The van der Waals surface area contributed by atoms with E-state index in [0.717, 1.165) is 16.8 Å². The van der Waals surface area contributed by atoms with Gasteiger partial charge in [0.05, 0.1) is 12.0 Å². The van der Waals surface area contributed by atoms with Crippen molar-refractivity contribution in [1.29, 1.82) is 0 Å². The van der Waals surface area contributed by atoms with Crippen molar-refractivity contribution >= 4 is 17.5 Å². The molecule has 0 bridgehead atoms. The minimum atomic E-state index is -0.332. The average Bonchev–Trinajstić information content (AvgIpc) is 2.91. The number of carbonyl (C=O) groups excluding carboxylic acids is 2. The summed E-state index contributed by atoms with van der Waals surface area (Å²) in [6.45, 7) is 0.483. The highest BCUT2D eigenvalue weighted by Gasteiger charge is 2.41. The van der Waals surface area contributed by atoms with E-state index in [4.69, 9.17) is 0 Å². The number of anilines is 1. The number of carbonyl (C=O) groups is 2. The lowest BCUT2D eigenvalue weighted by atomic mass is 9.83. The van der Waals surface area contributed by atoms with Gasteiger partial charge in [-0.25, -0.2) is 0 Å². The molecule has 3 aromatic carbocycles. The van der Waals surface area contributed by atoms with E-state index >= 15 is 0 Å². The first-order chi connectivity index (χ1) is 16.7. The molecule has 0 unspecified atom stereocenters. The van der Waals surface area contributed by atoms with Gasteiger partial charge in [0.25, 0.3) is 0 Å². The maximum atomic E-state index is 13.8. The van der Waals surface area contributed by atoms with Gasteiger partial charge in [-0.2, -0.15) is 0 Å². The Balaban J connectivity index is 1.42. The van der Waals surface area contributed by atoms with E-state index in [9.17, 15) is 9.59 Å². The molecule has 0 aromatic heterocycles. The van der Waals surface area contributed by atoms with Crippen LogP contribution in [0.3, 0.4) is 0 Å². The van der Waals surface area contributed by atoms with E-state index in [1.54, 1.807) is 17.3 Å². The summed E-state index contributed by atoms with van der Waals surface area (Å²) in [6, 6.07) is 29.6. The Kier molecular flexibility index (Phi) is 6.25. The number of hydrogen-bond acceptors (Lipinski definition) is 3. The smallest absolute Gasteiger partial charge is 0.236 e. The molecule has 170 valence electrons. The Morgan fingerprint density at radius 2 is 1.35 bits per heavy atom. The number of amides is 2. The number of benzene rings is 3. The van der Waals surface area contributed by atoms with Crippen LogP contribution in [0, 0.1) is 5.92 Å². The summed E-state index contributed by atoms with van der Waals surface area (Å²) >= 11 is 0. The first-order valence-corrected chi connectivity index (χ1v) is 11.6. The van der Waals surface area contributed by atoms with Gasteiger partial charge in [0.1, 0.15) is 0 Å². The molecule has 2 aliphatic rings. The van der Waals surface area contributed by atoms with Crippen molar-refractivity contribution in [1.82, 2.24) is 9.80 Å². The van der Waals surface area contributed by atoms with Crippen LogP contribution in [0.2, 0.25) is 0 Å². The van der Waals surface area contributed by atoms with Crippen molar-refractivity contribution in [3.63, 3.8) is 0 Å². The molecule has 0 aliphatic carbocycles. The molecule has 2 heterocycles. The van der Waals surface area contributed by atoms with Crippen molar-refractivity contribution in [2.45, 2.75) is 25.4 Å². The topological polar surface area (TPSA) is 43.9 Å². The number of likely N-dealkylation sites (tertiary alicyclic amines) is 1. The Bertz CT molecular complexity index is 1180. The SMILES string of the molecule is O=C([C@@H]1CCC(=O)N(Cc2ccccc2)[C@H]1c1ccccc1)N1C=CN(c2ccccc2)C=C1. The Hall–Kier alpha value is -4.12. The summed E-state index contributed by atoms with van der Waals surface area (Å²) in [5.41, 5.74) is 3.07. The van der Waals surface area contributed by atoms with Crippen LogP contribution >= 0.6 is 0 Å². The standard InChI is InChI=1S/C29H27N3O2/c33-27-17-16-26(29(34)31-20-18-30(19-21-31)25-14-8-3-9-15-25)28(24-12-6-2-7-13-24)32(27)22-23-10-4-1-5-11-23/h1-15,18-21,26,28H,16-17,22H2/t26-,28+/m1/s1. The van der Waals surface area contributed by atoms with Crippen molar-refractivity contribution < 1.29 is 9.59 Å². The molecule has 2 atom stereocenters. The molecular formula is C29H27N3O2. The molecule has 5 heteroatoms. The lowest BCUT2D eigenvalue weighted by molar-refractivity contribution is -0.146. The molecule has 1 fully saturated rings. The minimum absolute atomic E-state index is 0.000346. The van der Waals surface area contributed by atoms with E-state index in [1.807, 2.05) is 113 Å². The quantitative estimate of drug-likeness (QED) is 0.520. The monoisotopic (exact) mass is 449 g/mol. The average molecular weight is 450 g/mol. The number of hydrogen-bond donors (Lipinski definition) is 0. The molecule has 2 amide bonds. The first kappa shape index (κ1) is 21.7. The number of para-hydroxylation sites is 1. The highest BCUT2D eigenvalue weighted by atomic mass is 16.2. The van der Waals surface area contributed by atoms with Gasteiger partial charge >= 0.3 is 0 Å². The summed E-state index contributed by atoms with van der Waals surface area (Å²) in [5, 5.41) is 0. The Morgan fingerprint density at radius 1 is 0.765 bits per heavy atom. The predicted octanol–water partition coefficient (Wildman–Crippen LogP) is 5.46. The van der Waals surface area contributed by atoms with Gasteiger partial charge in [-0.05, 0) is 29.7 Å². The van der Waals surface area contributed by atoms with E-state index in [1.165, 1.54) is 0 Å². The van der Waals surface area contributed by atoms with Gasteiger partial charge in [-0.3, -0.25) is 14.5 Å². The Labute approximate surface area is 200 Å². The summed E-state index contributed by atoms with van der Waals surface area (Å²) in [6.07, 6.45) is 8.28. The van der Waals surface area contributed by atoms with Crippen LogP contribution in [0.5, 0.6) is 0 Å². The van der Waals surface area contributed by atoms with Crippen LogP contribution in [-0.2, 0) is 16.1 Å². The molecule has 3 aromatic rings. The van der Waals surface area contributed by atoms with Crippen LogP contribution in [0.25, 0.3) is 0 Å². The molecule has 0 radical (unpaired) electrons. The zero-order valence-corrected chi connectivity index (χ0v) is 18.9. The van der Waals surface area contributed by atoms with Crippen LogP contribution in [0.4, 0.5) is 5.69 Å². The summed E-state index contributed by atoms with van der Waals surface area (Å²) in [5.74, 6) is -0.247. The molecule has 0 saturated carbocycles. The van der Waals surface area contributed by atoms with Gasteiger partial charge in [0, 0.05) is 43.5 Å². The molecule has 2 aliphatic heterocycles. The zero-order chi connectivity index (χ0) is 23.3. The maximum absolute atomic E-state index is 13.8. The minimum Gasteiger partial charge on any atom is -0.331 e. The van der Waals surface area contributed by atoms with Crippen molar-refractivity contribution in [3.8, 4) is 0 Å². The van der Waals surface area contributed by atoms with Crippen LogP contribution in [0.1, 0.15) is 30.0 Å². The largest absolute Gasteiger partial charge is 0.331 e. The van der Waals surface area contributed by atoms with Crippen LogP contribution in [-0.4, -0.2) is 21.6 Å². The molecule has 5 nitrogen and oxygen atoms in total. The third kappa shape index (κ3) is 4.50. The van der Waals surface area contributed by atoms with Gasteiger partial charge in [0.2, 0.25) is 11.8 Å². The highest BCUT2D eigenvalue weighted by Crippen LogP contribution is 2.39. The second-order valence-corrected chi connectivity index (χ2v) is 8.59. The van der Waals surface area contributed by atoms with Crippen LogP contribution < -0.4 is 4.90 Å².